The fourth-order valence-corrected chi connectivity index (χ4v) is 3.70. The molecule has 29 heavy (non-hydrogen) atoms. The molecule has 2 aliphatic heterocycles. The van der Waals surface area contributed by atoms with Gasteiger partial charge in [-0.05, 0) is 32.5 Å². The van der Waals surface area contributed by atoms with Gasteiger partial charge in [0.1, 0.15) is 23.5 Å². The van der Waals surface area contributed by atoms with E-state index in [1.54, 1.807) is 20.8 Å². The Hall–Kier alpha value is -2.98. The number of amides is 1. The zero-order chi connectivity index (χ0) is 21.9. The number of hydrogen-bond acceptors (Lipinski definition) is 9. The number of nitrogens with zero attached hydrogens (tertiary/aromatic N) is 3. The van der Waals surface area contributed by atoms with Gasteiger partial charge in [0.2, 0.25) is 12.7 Å². The van der Waals surface area contributed by atoms with E-state index in [4.69, 9.17) is 14.2 Å². The van der Waals surface area contributed by atoms with E-state index < -0.39 is 53.0 Å². The number of fused-ring (bicyclic) bond motifs is 1. The lowest BCUT2D eigenvalue weighted by Crippen LogP contribution is -2.63. The Morgan fingerprint density at radius 1 is 1.24 bits per heavy atom. The smallest absolute Gasteiger partial charge is 0.364 e. The Labute approximate surface area is 169 Å². The van der Waals surface area contributed by atoms with Crippen molar-refractivity contribution in [2.45, 2.75) is 33.1 Å². The molecule has 0 aromatic carbocycles. The van der Waals surface area contributed by atoms with Gasteiger partial charge in [0.25, 0.3) is 0 Å². The molecule has 2 atom stereocenters. The second-order valence-corrected chi connectivity index (χ2v) is 8.25. The van der Waals surface area contributed by atoms with Gasteiger partial charge in [-0.3, -0.25) is 24.1 Å². The maximum Gasteiger partial charge on any atom is 0.364 e. The zero-order valence-electron chi connectivity index (χ0n) is 16.2. The van der Waals surface area contributed by atoms with Crippen molar-refractivity contribution >= 4 is 46.9 Å². The van der Waals surface area contributed by atoms with Crippen molar-refractivity contribution in [3.63, 3.8) is 0 Å². The van der Waals surface area contributed by atoms with Crippen LogP contribution in [0.1, 0.15) is 27.7 Å². The number of hydrogen-bond donors (Lipinski definition) is 0. The van der Waals surface area contributed by atoms with Crippen LogP contribution in [0, 0.1) is 11.3 Å². The molecular weight excluding hydrogens is 406 g/mol. The van der Waals surface area contributed by atoms with Crippen LogP contribution >= 0.6 is 11.8 Å². The van der Waals surface area contributed by atoms with Gasteiger partial charge in [-0.1, -0.05) is 0 Å². The van der Waals surface area contributed by atoms with Gasteiger partial charge in [-0.2, -0.15) is 4.79 Å². The molecule has 2 aliphatic rings. The highest BCUT2D eigenvalue weighted by atomic mass is 32.2. The Morgan fingerprint density at radius 2 is 1.90 bits per heavy atom. The summed E-state index contributed by atoms with van der Waals surface area (Å²) in [5, 5.41) is -0.934. The first kappa shape index (κ1) is 22.3. The molecule has 11 nitrogen and oxygen atoms in total. The van der Waals surface area contributed by atoms with E-state index in [1.165, 1.54) is 6.92 Å². The van der Waals surface area contributed by atoms with Crippen molar-refractivity contribution in [3.8, 4) is 0 Å². The SMILES string of the molecule is CC(=O)OCC1C(=O)N2C(C(=O)OCOC(=O)C(C)(C)C)=C(C=O)C(=[N+]=[N-])S[C@@H]12. The van der Waals surface area contributed by atoms with Crippen LogP contribution in [0.3, 0.4) is 0 Å². The van der Waals surface area contributed by atoms with Crippen molar-refractivity contribution in [1.29, 1.82) is 0 Å². The van der Waals surface area contributed by atoms with Crippen molar-refractivity contribution in [2.75, 3.05) is 13.4 Å². The van der Waals surface area contributed by atoms with Gasteiger partial charge >= 0.3 is 23.0 Å². The van der Waals surface area contributed by atoms with Crippen LogP contribution in [-0.2, 0) is 38.2 Å². The Bertz CT molecular complexity index is 853. The molecule has 12 heteroatoms. The van der Waals surface area contributed by atoms with E-state index in [0.29, 0.717) is 0 Å². The molecule has 0 radical (unpaired) electrons. The van der Waals surface area contributed by atoms with Crippen LogP contribution in [0.5, 0.6) is 0 Å². The van der Waals surface area contributed by atoms with Crippen molar-refractivity contribution in [3.05, 3.63) is 16.8 Å². The van der Waals surface area contributed by atoms with Crippen molar-refractivity contribution < 1.29 is 43.0 Å². The van der Waals surface area contributed by atoms with E-state index in [-0.39, 0.29) is 23.5 Å². The summed E-state index contributed by atoms with van der Waals surface area (Å²) in [6, 6.07) is 0. The highest BCUT2D eigenvalue weighted by Crippen LogP contribution is 2.44. The third-order valence-electron chi connectivity index (χ3n) is 3.97. The van der Waals surface area contributed by atoms with E-state index in [1.807, 2.05) is 0 Å². The Morgan fingerprint density at radius 3 is 2.41 bits per heavy atom. The fourth-order valence-electron chi connectivity index (χ4n) is 2.48. The average Bonchev–Trinajstić information content (AvgIpc) is 2.64. The summed E-state index contributed by atoms with van der Waals surface area (Å²) in [7, 11) is 0. The normalized spacial score (nSPS) is 20.9. The van der Waals surface area contributed by atoms with Gasteiger partial charge in [0, 0.05) is 6.92 Å². The standard InChI is InChI=1S/C17H19N3O8S/c1-8(22)26-6-10-13(23)20-11(9(5-21)12(19-18)29-14(10)20)15(24)27-7-28-16(25)17(2,3)4/h5,10,14H,6-7H2,1-4H3/t10?,14-/m0/s1. The van der Waals surface area contributed by atoms with Crippen molar-refractivity contribution in [2.24, 2.45) is 11.3 Å². The number of β-lactam (4-membered cyclic amide) rings is 1. The van der Waals surface area contributed by atoms with E-state index in [0.717, 1.165) is 16.7 Å². The number of esters is 3. The minimum absolute atomic E-state index is 0.194. The Balaban J connectivity index is 2.22. The molecule has 1 unspecified atom stereocenters. The van der Waals surface area contributed by atoms with Crippen LogP contribution in [0.4, 0.5) is 0 Å². The second kappa shape index (κ2) is 8.58. The lowest BCUT2D eigenvalue weighted by atomic mass is 9.96. The van der Waals surface area contributed by atoms with E-state index >= 15 is 0 Å². The fraction of sp³-hybridized carbons (Fsp3) is 0.529. The number of ether oxygens (including phenoxy) is 3. The lowest BCUT2D eigenvalue weighted by Gasteiger charge is -2.47. The maximum atomic E-state index is 12.5. The predicted octanol–water partition coefficient (Wildman–Crippen LogP) is 0.252. The maximum absolute atomic E-state index is 12.5. The largest absolute Gasteiger partial charge is 0.465 e. The third kappa shape index (κ3) is 4.54. The molecule has 1 fully saturated rings. The second-order valence-electron chi connectivity index (χ2n) is 7.14. The van der Waals surface area contributed by atoms with Crippen LogP contribution in [0.2, 0.25) is 0 Å². The average molecular weight is 425 g/mol. The summed E-state index contributed by atoms with van der Waals surface area (Å²) in [6.45, 7) is 5.05. The van der Waals surface area contributed by atoms with E-state index in [9.17, 15) is 29.5 Å². The predicted molar refractivity (Wildman–Crippen MR) is 96.6 cm³/mol. The molecule has 0 aliphatic carbocycles. The molecule has 0 N–H and O–H groups in total. The molecule has 0 saturated carbocycles. The number of carbonyl (C=O) groups excluding carboxylic acids is 5. The molecule has 0 spiro atoms. The third-order valence-corrected chi connectivity index (χ3v) is 5.28. The zero-order valence-corrected chi connectivity index (χ0v) is 17.0. The molecule has 0 aromatic rings. The number of aldehydes is 1. The summed E-state index contributed by atoms with van der Waals surface area (Å²) < 4.78 is 14.6. The molecule has 2 rings (SSSR count). The lowest BCUT2D eigenvalue weighted by molar-refractivity contribution is -0.174. The first-order valence-electron chi connectivity index (χ1n) is 8.42. The first-order chi connectivity index (χ1) is 13.5. The number of thioether (sulfide) groups is 1. The summed E-state index contributed by atoms with van der Waals surface area (Å²) in [5.41, 5.74) is 7.59. The molecule has 2 heterocycles. The molecule has 156 valence electrons. The molecule has 0 aromatic heterocycles. The minimum Gasteiger partial charge on any atom is -0.465 e. The van der Waals surface area contributed by atoms with Gasteiger partial charge in [-0.15, -0.1) is 0 Å². The molecule has 1 saturated heterocycles. The summed E-state index contributed by atoms with van der Waals surface area (Å²) in [5.74, 6) is -3.68. The van der Waals surface area contributed by atoms with Gasteiger partial charge < -0.3 is 19.7 Å². The van der Waals surface area contributed by atoms with Crippen LogP contribution in [-0.4, -0.2) is 63.6 Å². The molecule has 0 bridgehead atoms. The number of carbonyl (C=O) groups is 5. The summed E-state index contributed by atoms with van der Waals surface area (Å²) >= 11 is 0.862. The van der Waals surface area contributed by atoms with Crippen LogP contribution in [0.15, 0.2) is 11.3 Å². The van der Waals surface area contributed by atoms with E-state index in [2.05, 4.69) is 4.79 Å². The van der Waals surface area contributed by atoms with Gasteiger partial charge in [-0.25, -0.2) is 4.79 Å². The highest BCUT2D eigenvalue weighted by molar-refractivity contribution is 8.14. The van der Waals surface area contributed by atoms with Gasteiger partial charge in [0.15, 0.2) is 12.0 Å². The monoisotopic (exact) mass is 425 g/mol. The minimum atomic E-state index is -1.11. The quantitative estimate of drug-likeness (QED) is 0.145. The van der Waals surface area contributed by atoms with Crippen LogP contribution < -0.4 is 0 Å². The Kier molecular flexibility index (Phi) is 6.60. The number of rotatable bonds is 6. The van der Waals surface area contributed by atoms with Crippen molar-refractivity contribution in [1.82, 2.24) is 4.90 Å². The topological polar surface area (TPSA) is 153 Å². The molecular formula is C17H19N3O8S. The first-order valence-corrected chi connectivity index (χ1v) is 9.30. The van der Waals surface area contributed by atoms with Gasteiger partial charge in [0.05, 0.1) is 5.41 Å². The summed E-state index contributed by atoms with van der Waals surface area (Å²) in [6.07, 6.45) is 0.253. The van der Waals surface area contributed by atoms with Crippen LogP contribution in [0.25, 0.3) is 5.53 Å². The summed E-state index contributed by atoms with van der Waals surface area (Å²) in [4.78, 5) is 63.2. The molecule has 1 amide bonds. The highest BCUT2D eigenvalue weighted by Gasteiger charge is 2.58.